The third kappa shape index (κ3) is 4.21. The van der Waals surface area contributed by atoms with E-state index >= 15 is 0 Å². The van der Waals surface area contributed by atoms with Crippen LogP contribution in [0, 0.1) is 0 Å². The maximum Gasteiger partial charge on any atom is 0.339 e. The maximum absolute atomic E-state index is 11.9. The van der Waals surface area contributed by atoms with Crippen LogP contribution in [0.1, 0.15) is 28.5 Å². The molecule has 2 rings (SSSR count). The molecule has 0 aliphatic rings. The van der Waals surface area contributed by atoms with Gasteiger partial charge >= 0.3 is 5.97 Å². The molecule has 2 aromatic rings. The van der Waals surface area contributed by atoms with Gasteiger partial charge in [0, 0.05) is 18.4 Å². The Labute approximate surface area is 123 Å². The molecule has 0 aliphatic carbocycles. The number of hydrogen-bond donors (Lipinski definition) is 2. The van der Waals surface area contributed by atoms with Crippen molar-refractivity contribution in [3.63, 3.8) is 0 Å². The molecule has 5 nitrogen and oxygen atoms in total. The van der Waals surface area contributed by atoms with E-state index in [0.717, 1.165) is 5.56 Å². The summed E-state index contributed by atoms with van der Waals surface area (Å²) < 4.78 is 4.95. The zero-order valence-corrected chi connectivity index (χ0v) is 11.9. The van der Waals surface area contributed by atoms with Crippen molar-refractivity contribution in [2.45, 2.75) is 19.9 Å². The first-order chi connectivity index (χ1) is 10.2. The van der Waals surface area contributed by atoms with Gasteiger partial charge in [0.2, 0.25) is 5.91 Å². The summed E-state index contributed by atoms with van der Waals surface area (Å²) in [4.78, 5) is 26.6. The van der Waals surface area contributed by atoms with Crippen molar-refractivity contribution in [1.29, 1.82) is 0 Å². The van der Waals surface area contributed by atoms with Gasteiger partial charge in [0.15, 0.2) is 0 Å². The Morgan fingerprint density at radius 1 is 1.19 bits per heavy atom. The molecule has 0 spiro atoms. The fourth-order valence-electron chi connectivity index (χ4n) is 1.97. The summed E-state index contributed by atoms with van der Waals surface area (Å²) in [5.74, 6) is -0.559. The molecular formula is C16H18N2O3. The number of amides is 1. The molecule has 1 aromatic heterocycles. The van der Waals surface area contributed by atoms with Crippen LogP contribution in [0.2, 0.25) is 0 Å². The number of ether oxygens (including phenoxy) is 1. The third-order valence-corrected chi connectivity index (χ3v) is 3.00. The lowest BCUT2D eigenvalue weighted by Crippen LogP contribution is -2.25. The molecule has 1 amide bonds. The number of esters is 1. The molecular weight excluding hydrogens is 268 g/mol. The van der Waals surface area contributed by atoms with E-state index in [1.807, 2.05) is 30.3 Å². The van der Waals surface area contributed by atoms with E-state index in [9.17, 15) is 9.59 Å². The number of aromatic nitrogens is 1. The Bertz CT molecular complexity index is 605. The smallest absolute Gasteiger partial charge is 0.339 e. The SMILES string of the molecule is CCOC(=O)c1cc[nH]c1CC(=O)NCc1ccccc1. The Morgan fingerprint density at radius 3 is 2.67 bits per heavy atom. The van der Waals surface area contributed by atoms with Gasteiger partial charge in [-0.1, -0.05) is 30.3 Å². The van der Waals surface area contributed by atoms with Gasteiger partial charge in [0.1, 0.15) is 0 Å². The summed E-state index contributed by atoms with van der Waals surface area (Å²) in [7, 11) is 0. The van der Waals surface area contributed by atoms with Crippen molar-refractivity contribution in [1.82, 2.24) is 10.3 Å². The minimum absolute atomic E-state index is 0.119. The molecule has 0 unspecified atom stereocenters. The van der Waals surface area contributed by atoms with Crippen molar-refractivity contribution in [2.75, 3.05) is 6.61 Å². The molecule has 0 atom stereocenters. The van der Waals surface area contributed by atoms with Crippen molar-refractivity contribution in [3.8, 4) is 0 Å². The largest absolute Gasteiger partial charge is 0.462 e. The molecule has 110 valence electrons. The summed E-state index contributed by atoms with van der Waals surface area (Å²) in [5, 5.41) is 2.82. The molecule has 5 heteroatoms. The van der Waals surface area contributed by atoms with Crippen molar-refractivity contribution in [2.24, 2.45) is 0 Å². The molecule has 0 bridgehead atoms. The highest BCUT2D eigenvalue weighted by atomic mass is 16.5. The fourth-order valence-corrected chi connectivity index (χ4v) is 1.97. The Kier molecular flexibility index (Phi) is 5.15. The van der Waals surface area contributed by atoms with E-state index in [-0.39, 0.29) is 12.3 Å². The highest BCUT2D eigenvalue weighted by molar-refractivity contribution is 5.92. The van der Waals surface area contributed by atoms with Gasteiger partial charge in [-0.25, -0.2) is 4.79 Å². The number of rotatable bonds is 6. The molecule has 0 saturated heterocycles. The van der Waals surface area contributed by atoms with E-state index in [2.05, 4.69) is 10.3 Å². The Hall–Kier alpha value is -2.56. The van der Waals surface area contributed by atoms with E-state index < -0.39 is 5.97 Å². The Balaban J connectivity index is 1.91. The third-order valence-electron chi connectivity index (χ3n) is 3.00. The number of carbonyl (C=O) groups excluding carboxylic acids is 2. The monoisotopic (exact) mass is 286 g/mol. The summed E-state index contributed by atoms with van der Waals surface area (Å²) in [6, 6.07) is 11.3. The minimum atomic E-state index is -0.412. The lowest BCUT2D eigenvalue weighted by Gasteiger charge is -2.06. The zero-order valence-electron chi connectivity index (χ0n) is 11.9. The van der Waals surface area contributed by atoms with Gasteiger partial charge < -0.3 is 15.0 Å². The van der Waals surface area contributed by atoms with Crippen LogP contribution in [0.4, 0.5) is 0 Å². The van der Waals surface area contributed by atoms with Crippen LogP contribution in [-0.4, -0.2) is 23.5 Å². The maximum atomic E-state index is 11.9. The van der Waals surface area contributed by atoms with Crippen molar-refractivity contribution in [3.05, 3.63) is 59.4 Å². The van der Waals surface area contributed by atoms with Crippen LogP contribution in [-0.2, 0) is 22.5 Å². The number of H-pyrrole nitrogens is 1. The second-order valence-corrected chi connectivity index (χ2v) is 4.53. The second kappa shape index (κ2) is 7.28. The first kappa shape index (κ1) is 14.8. The normalized spacial score (nSPS) is 10.1. The van der Waals surface area contributed by atoms with Crippen LogP contribution in [0.25, 0.3) is 0 Å². The summed E-state index contributed by atoms with van der Waals surface area (Å²) in [5.41, 5.74) is 2.01. The van der Waals surface area contributed by atoms with Gasteiger partial charge in [0.05, 0.1) is 18.6 Å². The standard InChI is InChI=1S/C16H18N2O3/c1-2-21-16(20)13-8-9-17-14(13)10-15(19)18-11-12-6-4-3-5-7-12/h3-9,17H,2,10-11H2,1H3,(H,18,19). The first-order valence-corrected chi connectivity index (χ1v) is 6.84. The predicted octanol–water partition coefficient (Wildman–Crippen LogP) is 2.05. The van der Waals surface area contributed by atoms with Crippen molar-refractivity contribution >= 4 is 11.9 Å². The van der Waals surface area contributed by atoms with Gasteiger partial charge in [-0.3, -0.25) is 4.79 Å². The van der Waals surface area contributed by atoms with Gasteiger partial charge in [-0.15, -0.1) is 0 Å². The fraction of sp³-hybridized carbons (Fsp3) is 0.250. The van der Waals surface area contributed by atoms with Gasteiger partial charge in [-0.2, -0.15) is 0 Å². The average Bonchev–Trinajstić information content (AvgIpc) is 2.95. The van der Waals surface area contributed by atoms with E-state index in [0.29, 0.717) is 24.4 Å². The molecule has 1 aromatic carbocycles. The number of benzene rings is 1. The van der Waals surface area contributed by atoms with Crippen LogP contribution >= 0.6 is 0 Å². The first-order valence-electron chi connectivity index (χ1n) is 6.84. The number of carbonyl (C=O) groups is 2. The molecule has 0 saturated carbocycles. The number of aromatic amines is 1. The van der Waals surface area contributed by atoms with Crippen LogP contribution in [0.5, 0.6) is 0 Å². The van der Waals surface area contributed by atoms with Crippen LogP contribution in [0.3, 0.4) is 0 Å². The number of hydrogen-bond acceptors (Lipinski definition) is 3. The molecule has 2 N–H and O–H groups in total. The Morgan fingerprint density at radius 2 is 1.95 bits per heavy atom. The summed E-state index contributed by atoms with van der Waals surface area (Å²) >= 11 is 0. The average molecular weight is 286 g/mol. The topological polar surface area (TPSA) is 71.2 Å². The van der Waals surface area contributed by atoms with Gasteiger partial charge in [-0.05, 0) is 18.6 Å². The van der Waals surface area contributed by atoms with Gasteiger partial charge in [0.25, 0.3) is 0 Å². The highest BCUT2D eigenvalue weighted by Crippen LogP contribution is 2.09. The van der Waals surface area contributed by atoms with E-state index in [1.165, 1.54) is 0 Å². The lowest BCUT2D eigenvalue weighted by molar-refractivity contribution is -0.120. The minimum Gasteiger partial charge on any atom is -0.462 e. The summed E-state index contributed by atoms with van der Waals surface area (Å²) in [6.45, 7) is 2.52. The van der Waals surface area contributed by atoms with Crippen LogP contribution < -0.4 is 5.32 Å². The number of nitrogens with one attached hydrogen (secondary N) is 2. The quantitative estimate of drug-likeness (QED) is 0.798. The zero-order chi connectivity index (χ0) is 15.1. The van der Waals surface area contributed by atoms with E-state index in [1.54, 1.807) is 19.2 Å². The lowest BCUT2D eigenvalue weighted by atomic mass is 10.2. The van der Waals surface area contributed by atoms with Crippen LogP contribution in [0.15, 0.2) is 42.6 Å². The molecule has 21 heavy (non-hydrogen) atoms. The molecule has 0 fully saturated rings. The molecule has 0 radical (unpaired) electrons. The van der Waals surface area contributed by atoms with Crippen molar-refractivity contribution < 1.29 is 14.3 Å². The summed E-state index contributed by atoms with van der Waals surface area (Å²) in [6.07, 6.45) is 1.75. The molecule has 1 heterocycles. The second-order valence-electron chi connectivity index (χ2n) is 4.53. The predicted molar refractivity (Wildman–Crippen MR) is 78.7 cm³/mol. The van der Waals surface area contributed by atoms with E-state index in [4.69, 9.17) is 4.74 Å². The molecule has 0 aliphatic heterocycles. The highest BCUT2D eigenvalue weighted by Gasteiger charge is 2.15.